The van der Waals surface area contributed by atoms with E-state index in [1.165, 1.54) is 36.3 Å². The van der Waals surface area contributed by atoms with E-state index in [1.54, 1.807) is 24.3 Å². The summed E-state index contributed by atoms with van der Waals surface area (Å²) in [5, 5.41) is 10.9. The van der Waals surface area contributed by atoms with Gasteiger partial charge in [-0.25, -0.2) is 4.39 Å². The van der Waals surface area contributed by atoms with Crippen LogP contribution in [-0.4, -0.2) is 35.4 Å². The van der Waals surface area contributed by atoms with Crippen molar-refractivity contribution in [2.24, 2.45) is 0 Å². The van der Waals surface area contributed by atoms with Gasteiger partial charge >= 0.3 is 0 Å². The molecule has 0 saturated carbocycles. The lowest BCUT2D eigenvalue weighted by atomic mass is 9.95. The molecule has 2 aromatic carbocycles. The Morgan fingerprint density at radius 2 is 1.75 bits per heavy atom. The molecule has 2 aromatic rings. The second-order valence-corrected chi connectivity index (χ2v) is 6.63. The zero-order chi connectivity index (χ0) is 20.3. The number of ketones is 1. The fourth-order valence-corrected chi connectivity index (χ4v) is 3.34. The first-order valence-corrected chi connectivity index (χ1v) is 9.16. The van der Waals surface area contributed by atoms with Gasteiger partial charge in [0.15, 0.2) is 0 Å². The number of carbonyl (C=O) groups is 2. The average Bonchev–Trinajstić information content (AvgIpc) is 2.97. The number of nitrogens with zero attached hydrogens (tertiary/aromatic N) is 1. The van der Waals surface area contributed by atoms with Crippen molar-refractivity contribution in [3.8, 4) is 5.75 Å². The van der Waals surface area contributed by atoms with Crippen LogP contribution >= 0.6 is 0 Å². The third-order valence-corrected chi connectivity index (χ3v) is 4.84. The Labute approximate surface area is 163 Å². The summed E-state index contributed by atoms with van der Waals surface area (Å²) in [6, 6.07) is 11.4. The minimum absolute atomic E-state index is 0.0119. The number of unbranched alkanes of at least 4 members (excludes halogenated alkanes) is 1. The number of amides is 1. The number of Topliss-reactive ketones (excluding diaryl/α,β-unsaturated/α-hetero) is 1. The largest absolute Gasteiger partial charge is 0.507 e. The highest BCUT2D eigenvalue weighted by Gasteiger charge is 2.45. The number of hydrogen-bond donors (Lipinski definition) is 1. The summed E-state index contributed by atoms with van der Waals surface area (Å²) in [5.74, 6) is -1.45. The van der Waals surface area contributed by atoms with E-state index in [-0.39, 0.29) is 11.3 Å². The van der Waals surface area contributed by atoms with Crippen LogP contribution in [0, 0.1) is 5.82 Å². The van der Waals surface area contributed by atoms with Gasteiger partial charge in [0, 0.05) is 12.1 Å². The van der Waals surface area contributed by atoms with Crippen LogP contribution in [0.4, 0.5) is 4.39 Å². The maximum Gasteiger partial charge on any atom is 0.295 e. The van der Waals surface area contributed by atoms with Crippen molar-refractivity contribution in [1.29, 1.82) is 0 Å². The highest BCUT2D eigenvalue weighted by atomic mass is 19.1. The van der Waals surface area contributed by atoms with Crippen LogP contribution in [0.2, 0.25) is 0 Å². The zero-order valence-electron chi connectivity index (χ0n) is 15.8. The fourth-order valence-electron chi connectivity index (χ4n) is 3.34. The van der Waals surface area contributed by atoms with Crippen molar-refractivity contribution in [3.05, 3.63) is 71.0 Å². The van der Waals surface area contributed by atoms with Gasteiger partial charge in [-0.3, -0.25) is 9.59 Å². The number of likely N-dealkylation sites (tertiary alicyclic amines) is 1. The van der Waals surface area contributed by atoms with E-state index in [9.17, 15) is 19.1 Å². The first-order valence-electron chi connectivity index (χ1n) is 9.16. The van der Waals surface area contributed by atoms with E-state index >= 15 is 0 Å². The van der Waals surface area contributed by atoms with Crippen molar-refractivity contribution in [3.63, 3.8) is 0 Å². The standard InChI is InChI=1S/C22H22FNO4/c1-3-4-13-24-19(14-5-9-16(23)10-6-14)18(21(26)22(24)27)20(25)15-7-11-17(28-2)12-8-15/h5-12,19,25H,3-4,13H2,1-2H3/t19-/m1/s1. The Balaban J connectivity index is 2.12. The Morgan fingerprint density at radius 1 is 1.11 bits per heavy atom. The van der Waals surface area contributed by atoms with Crippen LogP contribution in [-0.2, 0) is 9.59 Å². The highest BCUT2D eigenvalue weighted by molar-refractivity contribution is 6.46. The monoisotopic (exact) mass is 383 g/mol. The van der Waals surface area contributed by atoms with E-state index in [0.29, 0.717) is 29.8 Å². The maximum absolute atomic E-state index is 13.4. The van der Waals surface area contributed by atoms with Crippen LogP contribution in [0.5, 0.6) is 5.75 Å². The van der Waals surface area contributed by atoms with E-state index in [1.807, 2.05) is 6.92 Å². The Kier molecular flexibility index (Phi) is 5.78. The Hall–Kier alpha value is -3.15. The number of methoxy groups -OCH3 is 1. The van der Waals surface area contributed by atoms with Gasteiger partial charge in [-0.05, 0) is 48.4 Å². The predicted octanol–water partition coefficient (Wildman–Crippen LogP) is 4.06. The van der Waals surface area contributed by atoms with Gasteiger partial charge in [0.2, 0.25) is 0 Å². The van der Waals surface area contributed by atoms with Crippen LogP contribution in [0.1, 0.15) is 36.9 Å². The number of aliphatic hydroxyl groups excluding tert-OH is 1. The van der Waals surface area contributed by atoms with Crippen LogP contribution in [0.25, 0.3) is 5.76 Å². The van der Waals surface area contributed by atoms with E-state index in [4.69, 9.17) is 4.74 Å². The molecular formula is C22H22FNO4. The highest BCUT2D eigenvalue weighted by Crippen LogP contribution is 2.39. The summed E-state index contributed by atoms with van der Waals surface area (Å²) in [7, 11) is 1.53. The van der Waals surface area contributed by atoms with Crippen LogP contribution in [0.3, 0.4) is 0 Å². The zero-order valence-corrected chi connectivity index (χ0v) is 15.8. The van der Waals surface area contributed by atoms with E-state index in [2.05, 4.69) is 0 Å². The quantitative estimate of drug-likeness (QED) is 0.464. The lowest BCUT2D eigenvalue weighted by Gasteiger charge is -2.25. The second-order valence-electron chi connectivity index (χ2n) is 6.63. The van der Waals surface area contributed by atoms with Crippen molar-refractivity contribution < 1.29 is 23.8 Å². The number of rotatable bonds is 6. The lowest BCUT2D eigenvalue weighted by Crippen LogP contribution is -2.30. The molecule has 146 valence electrons. The fraction of sp³-hybridized carbons (Fsp3) is 0.273. The predicted molar refractivity (Wildman–Crippen MR) is 103 cm³/mol. The molecule has 1 fully saturated rings. The summed E-state index contributed by atoms with van der Waals surface area (Å²) in [6.07, 6.45) is 1.56. The van der Waals surface area contributed by atoms with Gasteiger partial charge in [0.25, 0.3) is 11.7 Å². The molecule has 1 saturated heterocycles. The number of halogens is 1. The molecule has 1 heterocycles. The SMILES string of the molecule is CCCCN1C(=O)C(=O)C(=C(O)c2ccc(OC)cc2)[C@H]1c1ccc(F)cc1. The van der Waals surface area contributed by atoms with Gasteiger partial charge in [0.05, 0.1) is 18.7 Å². The number of aliphatic hydroxyl groups is 1. The molecular weight excluding hydrogens is 361 g/mol. The first kappa shape index (κ1) is 19.6. The molecule has 1 atom stereocenters. The summed E-state index contributed by atoms with van der Waals surface area (Å²) < 4.78 is 18.5. The Bertz CT molecular complexity index is 903. The third-order valence-electron chi connectivity index (χ3n) is 4.84. The molecule has 0 bridgehead atoms. The molecule has 1 amide bonds. The maximum atomic E-state index is 13.4. The smallest absolute Gasteiger partial charge is 0.295 e. The molecule has 1 N–H and O–H groups in total. The first-order chi connectivity index (χ1) is 13.5. The molecule has 1 aliphatic heterocycles. The summed E-state index contributed by atoms with van der Waals surface area (Å²) in [6.45, 7) is 2.36. The van der Waals surface area contributed by atoms with Crippen LogP contribution < -0.4 is 4.74 Å². The number of hydrogen-bond acceptors (Lipinski definition) is 4. The second kappa shape index (κ2) is 8.25. The summed E-state index contributed by atoms with van der Waals surface area (Å²) in [5.41, 5.74) is 0.992. The molecule has 0 radical (unpaired) electrons. The Morgan fingerprint density at radius 3 is 2.32 bits per heavy atom. The van der Waals surface area contributed by atoms with Gasteiger partial charge < -0.3 is 14.7 Å². The molecule has 3 rings (SSSR count). The van der Waals surface area contributed by atoms with Crippen LogP contribution in [0.15, 0.2) is 54.1 Å². The van der Waals surface area contributed by atoms with Gasteiger partial charge in [-0.2, -0.15) is 0 Å². The van der Waals surface area contributed by atoms with Crippen molar-refractivity contribution >= 4 is 17.4 Å². The van der Waals surface area contributed by atoms with E-state index < -0.39 is 23.5 Å². The molecule has 5 nitrogen and oxygen atoms in total. The van der Waals surface area contributed by atoms with Gasteiger partial charge in [-0.15, -0.1) is 0 Å². The number of benzene rings is 2. The van der Waals surface area contributed by atoms with Crippen molar-refractivity contribution in [1.82, 2.24) is 4.90 Å². The molecule has 1 aliphatic rings. The van der Waals surface area contributed by atoms with E-state index in [0.717, 1.165) is 6.42 Å². The number of ether oxygens (including phenoxy) is 1. The molecule has 0 aliphatic carbocycles. The molecule has 0 aromatic heterocycles. The summed E-state index contributed by atoms with van der Waals surface area (Å²) in [4.78, 5) is 26.9. The minimum Gasteiger partial charge on any atom is -0.507 e. The molecule has 6 heteroatoms. The van der Waals surface area contributed by atoms with Gasteiger partial charge in [0.1, 0.15) is 17.3 Å². The molecule has 0 spiro atoms. The molecule has 28 heavy (non-hydrogen) atoms. The van der Waals surface area contributed by atoms with Crippen molar-refractivity contribution in [2.45, 2.75) is 25.8 Å². The normalized spacial score (nSPS) is 18.5. The minimum atomic E-state index is -0.755. The summed E-state index contributed by atoms with van der Waals surface area (Å²) >= 11 is 0. The third kappa shape index (κ3) is 3.63. The topological polar surface area (TPSA) is 66.8 Å². The number of carbonyl (C=O) groups excluding carboxylic acids is 2. The molecule has 0 unspecified atom stereocenters. The average molecular weight is 383 g/mol. The lowest BCUT2D eigenvalue weighted by molar-refractivity contribution is -0.139. The van der Waals surface area contributed by atoms with Gasteiger partial charge in [-0.1, -0.05) is 25.5 Å². The van der Waals surface area contributed by atoms with Crippen molar-refractivity contribution in [2.75, 3.05) is 13.7 Å².